The van der Waals surface area contributed by atoms with Gasteiger partial charge in [-0.25, -0.2) is 0 Å². The van der Waals surface area contributed by atoms with Crippen molar-refractivity contribution in [1.29, 1.82) is 5.26 Å². The highest BCUT2D eigenvalue weighted by Crippen LogP contribution is 2.36. The van der Waals surface area contributed by atoms with Crippen molar-refractivity contribution in [2.45, 2.75) is 50.9 Å². The van der Waals surface area contributed by atoms with Gasteiger partial charge in [0.2, 0.25) is 0 Å². The summed E-state index contributed by atoms with van der Waals surface area (Å²) in [6.45, 7) is 9.13. The van der Waals surface area contributed by atoms with E-state index in [9.17, 15) is 0 Å². The number of nitrogens with zero attached hydrogens (tertiary/aromatic N) is 3. The molecule has 2 fully saturated rings. The fraction of sp³-hybridized carbons (Fsp3) is 0.714. The molecule has 0 bridgehead atoms. The van der Waals surface area contributed by atoms with E-state index in [0.29, 0.717) is 19.6 Å². The number of hydrogen-bond donors (Lipinski definition) is 0. The van der Waals surface area contributed by atoms with Crippen molar-refractivity contribution in [2.75, 3.05) is 13.2 Å². The van der Waals surface area contributed by atoms with E-state index in [4.69, 9.17) is 19.3 Å². The zero-order valence-electron chi connectivity index (χ0n) is 12.9. The first-order valence-corrected chi connectivity index (χ1v) is 7.15. The van der Waals surface area contributed by atoms with Gasteiger partial charge in [-0.1, -0.05) is 0 Å². The number of hydrogen-bond acceptors (Lipinski definition) is 5. The van der Waals surface area contributed by atoms with Crippen LogP contribution in [0.3, 0.4) is 0 Å². The smallest absolute Gasteiger partial charge is 0.399 e. The van der Waals surface area contributed by atoms with E-state index in [1.54, 1.807) is 6.20 Å². The van der Waals surface area contributed by atoms with E-state index < -0.39 is 7.12 Å². The molecule has 7 heteroatoms. The van der Waals surface area contributed by atoms with Crippen molar-refractivity contribution in [3.05, 3.63) is 12.4 Å². The number of nitriles is 1. The lowest BCUT2D eigenvalue weighted by Gasteiger charge is -2.39. The van der Waals surface area contributed by atoms with E-state index in [0.717, 1.165) is 5.46 Å². The molecular formula is C14H20BN3O3. The fourth-order valence-corrected chi connectivity index (χ4v) is 2.50. The molecule has 0 unspecified atom stereocenters. The molecule has 0 radical (unpaired) electrons. The molecule has 0 aliphatic carbocycles. The molecular weight excluding hydrogens is 269 g/mol. The standard InChI is InChI=1S/C14H20BN3O3/c1-12(2)13(3,4)21-15(20-12)11-7-17-18(8-11)14(5-6-16)9-19-10-14/h7-8H,5,9-10H2,1-4H3. The third kappa shape index (κ3) is 2.18. The van der Waals surface area contributed by atoms with Gasteiger partial charge in [0.1, 0.15) is 5.54 Å². The summed E-state index contributed by atoms with van der Waals surface area (Å²) >= 11 is 0. The molecule has 0 aromatic carbocycles. The summed E-state index contributed by atoms with van der Waals surface area (Å²) in [4.78, 5) is 0. The molecule has 112 valence electrons. The third-order valence-corrected chi connectivity index (χ3v) is 4.76. The highest BCUT2D eigenvalue weighted by atomic mass is 16.7. The van der Waals surface area contributed by atoms with Crippen LogP contribution >= 0.6 is 0 Å². The van der Waals surface area contributed by atoms with Gasteiger partial charge in [0.25, 0.3) is 0 Å². The summed E-state index contributed by atoms with van der Waals surface area (Å²) in [5.74, 6) is 0. The summed E-state index contributed by atoms with van der Waals surface area (Å²) in [5, 5.41) is 13.4. The maximum absolute atomic E-state index is 8.99. The zero-order valence-corrected chi connectivity index (χ0v) is 12.9. The van der Waals surface area contributed by atoms with E-state index in [2.05, 4.69) is 11.2 Å². The highest BCUT2D eigenvalue weighted by molar-refractivity contribution is 6.62. The minimum absolute atomic E-state index is 0.337. The normalized spacial score (nSPS) is 25.4. The highest BCUT2D eigenvalue weighted by Gasteiger charge is 2.52. The molecule has 21 heavy (non-hydrogen) atoms. The predicted octanol–water partition coefficient (Wildman–Crippen LogP) is 0.821. The number of ether oxygens (including phenoxy) is 1. The average molecular weight is 289 g/mol. The summed E-state index contributed by atoms with van der Waals surface area (Å²) in [6.07, 6.45) is 4.04. The molecule has 0 spiro atoms. The first kappa shape index (κ1) is 14.6. The minimum Gasteiger partial charge on any atom is -0.399 e. The molecule has 6 nitrogen and oxygen atoms in total. The summed E-state index contributed by atoms with van der Waals surface area (Å²) in [7, 11) is -0.427. The van der Waals surface area contributed by atoms with Gasteiger partial charge in [0.05, 0.1) is 36.9 Å². The largest absolute Gasteiger partial charge is 0.498 e. The van der Waals surface area contributed by atoms with Crippen molar-refractivity contribution in [2.24, 2.45) is 0 Å². The van der Waals surface area contributed by atoms with E-state index >= 15 is 0 Å². The van der Waals surface area contributed by atoms with Crippen LogP contribution < -0.4 is 5.46 Å². The first-order chi connectivity index (χ1) is 9.80. The zero-order chi connectivity index (χ0) is 15.3. The van der Waals surface area contributed by atoms with Crippen LogP contribution in [0, 0.1) is 11.3 Å². The first-order valence-electron chi connectivity index (χ1n) is 7.15. The Morgan fingerprint density at radius 1 is 1.29 bits per heavy atom. The molecule has 2 saturated heterocycles. The second-order valence-electron chi connectivity index (χ2n) is 6.86. The lowest BCUT2D eigenvalue weighted by atomic mass is 9.81. The van der Waals surface area contributed by atoms with E-state index in [-0.39, 0.29) is 16.7 Å². The Morgan fingerprint density at radius 3 is 2.38 bits per heavy atom. The molecule has 1 aromatic heterocycles. The molecule has 3 heterocycles. The lowest BCUT2D eigenvalue weighted by Crippen LogP contribution is -2.52. The topological polar surface area (TPSA) is 69.3 Å². The Bertz CT molecular complexity index is 571. The van der Waals surface area contributed by atoms with Crippen molar-refractivity contribution in [3.63, 3.8) is 0 Å². The molecule has 1 aromatic rings. The predicted molar refractivity (Wildman–Crippen MR) is 77.0 cm³/mol. The van der Waals surface area contributed by atoms with Gasteiger partial charge in [-0.3, -0.25) is 4.68 Å². The Hall–Kier alpha value is -1.36. The van der Waals surface area contributed by atoms with Gasteiger partial charge >= 0.3 is 7.12 Å². The molecule has 0 saturated carbocycles. The maximum Gasteiger partial charge on any atom is 0.498 e. The Kier molecular flexibility index (Phi) is 3.17. The van der Waals surface area contributed by atoms with Crippen molar-refractivity contribution in [1.82, 2.24) is 9.78 Å². The average Bonchev–Trinajstić information content (AvgIpc) is 2.88. The molecule has 0 atom stereocenters. The Morgan fingerprint density at radius 2 is 1.90 bits per heavy atom. The van der Waals surface area contributed by atoms with Crippen LogP contribution in [0.5, 0.6) is 0 Å². The molecule has 2 aliphatic heterocycles. The second-order valence-corrected chi connectivity index (χ2v) is 6.86. The summed E-state index contributed by atoms with van der Waals surface area (Å²) in [5.41, 5.74) is -0.206. The SMILES string of the molecule is CC1(C)OB(c2cnn(C3(CC#N)COC3)c2)OC1(C)C. The monoisotopic (exact) mass is 289 g/mol. The van der Waals surface area contributed by atoms with Gasteiger partial charge in [0.15, 0.2) is 0 Å². The van der Waals surface area contributed by atoms with Gasteiger partial charge in [-0.05, 0) is 27.7 Å². The van der Waals surface area contributed by atoms with E-state index in [1.165, 1.54) is 0 Å². The van der Waals surface area contributed by atoms with Crippen LogP contribution in [0.15, 0.2) is 12.4 Å². The fourth-order valence-electron chi connectivity index (χ4n) is 2.50. The van der Waals surface area contributed by atoms with Crippen LogP contribution in [0.2, 0.25) is 0 Å². The quantitative estimate of drug-likeness (QED) is 0.771. The molecule has 3 rings (SSSR count). The molecule has 0 N–H and O–H groups in total. The van der Waals surface area contributed by atoms with Gasteiger partial charge in [-0.15, -0.1) is 0 Å². The second kappa shape index (κ2) is 4.57. The van der Waals surface area contributed by atoms with Gasteiger partial charge < -0.3 is 14.0 Å². The maximum atomic E-state index is 8.99. The van der Waals surface area contributed by atoms with Gasteiger partial charge in [0, 0.05) is 17.9 Å². The van der Waals surface area contributed by atoms with Crippen molar-refractivity contribution in [3.8, 4) is 6.07 Å². The van der Waals surface area contributed by atoms with Crippen LogP contribution in [-0.2, 0) is 19.6 Å². The Labute approximate surface area is 125 Å². The minimum atomic E-state index is -0.427. The van der Waals surface area contributed by atoms with Crippen LogP contribution in [0.25, 0.3) is 0 Å². The molecule has 0 amide bonds. The van der Waals surface area contributed by atoms with Crippen LogP contribution in [-0.4, -0.2) is 41.3 Å². The summed E-state index contributed by atoms with van der Waals surface area (Å²) in [6, 6.07) is 2.21. The lowest BCUT2D eigenvalue weighted by molar-refractivity contribution is -0.104. The van der Waals surface area contributed by atoms with E-state index in [1.807, 2.05) is 38.6 Å². The third-order valence-electron chi connectivity index (χ3n) is 4.76. The summed E-state index contributed by atoms with van der Waals surface area (Å²) < 4.78 is 19.1. The van der Waals surface area contributed by atoms with Crippen LogP contribution in [0.4, 0.5) is 0 Å². The van der Waals surface area contributed by atoms with Gasteiger partial charge in [-0.2, -0.15) is 10.4 Å². The Balaban J connectivity index is 1.82. The number of aromatic nitrogens is 2. The van der Waals surface area contributed by atoms with Crippen molar-refractivity contribution >= 4 is 12.6 Å². The molecule has 2 aliphatic rings. The van der Waals surface area contributed by atoms with Crippen LogP contribution in [0.1, 0.15) is 34.1 Å². The van der Waals surface area contributed by atoms with Crippen molar-refractivity contribution < 1.29 is 14.0 Å². The number of rotatable bonds is 3.